The smallest absolute Gasteiger partial charge is 0.387 e. The van der Waals surface area contributed by atoms with Gasteiger partial charge in [0.25, 0.3) is 5.56 Å². The first-order valence-electron chi connectivity index (χ1n) is 8.35. The fraction of sp³-hybridized carbons (Fsp3) is 0.455. The van der Waals surface area contributed by atoms with Gasteiger partial charge in [-0.15, -0.1) is 0 Å². The Hall–Kier alpha value is -1.69. The van der Waals surface area contributed by atoms with Crippen LogP contribution in [0.2, 0.25) is 0 Å². The van der Waals surface area contributed by atoms with E-state index in [1.165, 1.54) is 0 Å². The maximum absolute atomic E-state index is 12.2. The van der Waals surface area contributed by atoms with Crippen LogP contribution in [0.4, 0.5) is 0 Å². The van der Waals surface area contributed by atoms with Crippen molar-refractivity contribution in [2.24, 2.45) is 0 Å². The van der Waals surface area contributed by atoms with Crippen LogP contribution in [0.5, 0.6) is 0 Å². The molecule has 0 saturated carbocycles. The van der Waals surface area contributed by atoms with Crippen LogP contribution in [-0.4, -0.2) is 74.2 Å². The second-order valence-electron chi connectivity index (χ2n) is 6.35. The second kappa shape index (κ2) is 9.16. The Bertz CT molecular complexity index is 1300. The van der Waals surface area contributed by atoms with Gasteiger partial charge in [-0.25, -0.2) is 23.5 Å². The molecular formula is C11H15N4O15P3. The van der Waals surface area contributed by atoms with Gasteiger partial charge < -0.3 is 39.5 Å². The molecule has 0 radical (unpaired) electrons. The van der Waals surface area contributed by atoms with Crippen molar-refractivity contribution in [1.82, 2.24) is 19.5 Å². The van der Waals surface area contributed by atoms with Crippen molar-refractivity contribution in [1.29, 1.82) is 0 Å². The summed E-state index contributed by atoms with van der Waals surface area (Å²) in [5.74, 6) is 0. The minimum absolute atomic E-state index is 0.0104. The van der Waals surface area contributed by atoms with E-state index in [0.717, 1.165) is 12.4 Å². The molecule has 0 aliphatic carbocycles. The molecule has 2 aromatic heterocycles. The van der Waals surface area contributed by atoms with Gasteiger partial charge in [0.05, 0.1) is 12.8 Å². The number of aliphatic hydroxyl groups is 2. The van der Waals surface area contributed by atoms with E-state index >= 15 is 0 Å². The van der Waals surface area contributed by atoms with E-state index in [9.17, 15) is 38.4 Å². The lowest BCUT2D eigenvalue weighted by molar-refractivity contribution is -0.0539. The minimum atomic E-state index is -5.76. The lowest BCUT2D eigenvalue weighted by atomic mass is 10.1. The van der Waals surface area contributed by atoms with E-state index in [-0.39, 0.29) is 11.2 Å². The van der Waals surface area contributed by atoms with Crippen molar-refractivity contribution >= 4 is 34.6 Å². The molecule has 2 aromatic rings. The molecule has 184 valence electrons. The first-order valence-corrected chi connectivity index (χ1v) is 12.9. The summed E-state index contributed by atoms with van der Waals surface area (Å²) >= 11 is 0. The molecule has 3 rings (SSSR count). The summed E-state index contributed by atoms with van der Waals surface area (Å²) in [5, 5.41) is 20.3. The predicted molar refractivity (Wildman–Crippen MR) is 100 cm³/mol. The third-order valence-electron chi connectivity index (χ3n) is 3.92. The van der Waals surface area contributed by atoms with Crippen molar-refractivity contribution in [2.45, 2.75) is 24.5 Å². The molecule has 1 saturated heterocycles. The third-order valence-corrected chi connectivity index (χ3v) is 7.73. The van der Waals surface area contributed by atoms with Gasteiger partial charge in [0.1, 0.15) is 23.8 Å². The molecule has 19 nitrogen and oxygen atoms in total. The molecule has 22 heteroatoms. The van der Waals surface area contributed by atoms with E-state index in [4.69, 9.17) is 19.4 Å². The second-order valence-corrected chi connectivity index (χ2v) is 10.8. The van der Waals surface area contributed by atoms with Crippen LogP contribution in [0.25, 0.3) is 11.2 Å². The number of rotatable bonds is 8. The number of hydrogen-bond acceptors (Lipinski definition) is 13. The van der Waals surface area contributed by atoms with Crippen LogP contribution in [0.3, 0.4) is 0 Å². The van der Waals surface area contributed by atoms with Gasteiger partial charge in [0.2, 0.25) is 0 Å². The van der Waals surface area contributed by atoms with Gasteiger partial charge in [-0.05, 0) is 0 Å². The lowest BCUT2D eigenvalue weighted by Crippen LogP contribution is -2.36. The standard InChI is InChI=1S/C11H15N4O15P3/c16-6-1-12-4-2-15(11(19)14-9(4)13-6)10-8(18)7(17)5(28-10)3-27-32(23,24)30-33(25,26)29-31(20,21)22/h1-2,5,7-8,10,17-18H,3H2,(H,23,24)(H,25,26)(H2,20,21,22)(H,13,14,16,19)/t5-,7+,8?,10-/m1/s1. The number of nitrogens with one attached hydrogen (secondary N) is 1. The summed E-state index contributed by atoms with van der Waals surface area (Å²) < 4.78 is 51.1. The first kappa shape index (κ1) is 25.9. The number of aromatic nitrogens is 4. The number of fused-ring (bicyclic) bond motifs is 1. The van der Waals surface area contributed by atoms with Gasteiger partial charge in [-0.1, -0.05) is 0 Å². The zero-order valence-corrected chi connectivity index (χ0v) is 18.4. The molecule has 0 amide bonds. The number of hydrogen-bond donors (Lipinski definition) is 7. The van der Waals surface area contributed by atoms with Crippen LogP contribution in [0, 0.1) is 0 Å². The number of aliphatic hydroxyl groups excluding tert-OH is 2. The molecule has 33 heavy (non-hydrogen) atoms. The minimum Gasteiger partial charge on any atom is -0.387 e. The van der Waals surface area contributed by atoms with Crippen LogP contribution in [0.15, 0.2) is 22.0 Å². The van der Waals surface area contributed by atoms with E-state index in [1.54, 1.807) is 0 Å². The normalized spacial score (nSPS) is 27.3. The SMILES string of the molecule is O=c1cnc2cn([C@@H]3O[C@H](COP(=O)(O)OP(=O)(O)OP(=O)(O)O)[C@H](O)C3O)c(=O)nc2[nH]1. The summed E-state index contributed by atoms with van der Waals surface area (Å²) in [4.78, 5) is 68.6. The number of H-pyrrole nitrogens is 1. The van der Waals surface area contributed by atoms with Crippen LogP contribution in [-0.2, 0) is 31.6 Å². The van der Waals surface area contributed by atoms with Crippen LogP contribution < -0.4 is 11.2 Å². The molecule has 0 bridgehead atoms. The predicted octanol–water partition coefficient (Wildman–Crippen LogP) is -2.56. The van der Waals surface area contributed by atoms with Crippen molar-refractivity contribution in [2.75, 3.05) is 6.61 Å². The highest BCUT2D eigenvalue weighted by Crippen LogP contribution is 2.66. The number of phosphoric acid groups is 3. The molecule has 3 heterocycles. The molecule has 1 fully saturated rings. The first-order chi connectivity index (χ1) is 15.1. The maximum atomic E-state index is 12.2. The highest BCUT2D eigenvalue weighted by molar-refractivity contribution is 7.66. The Morgan fingerprint density at radius 2 is 1.73 bits per heavy atom. The fourth-order valence-corrected chi connectivity index (χ4v) is 5.70. The number of aromatic amines is 1. The van der Waals surface area contributed by atoms with Crippen LogP contribution in [0.1, 0.15) is 6.23 Å². The topological polar surface area (TPSA) is 290 Å². The Labute approximate surface area is 180 Å². The maximum Gasteiger partial charge on any atom is 0.490 e. The average Bonchev–Trinajstić information content (AvgIpc) is 2.91. The molecule has 0 aromatic carbocycles. The van der Waals surface area contributed by atoms with Gasteiger partial charge in [-0.3, -0.25) is 13.9 Å². The van der Waals surface area contributed by atoms with E-state index < -0.39 is 65.9 Å². The highest BCUT2D eigenvalue weighted by atomic mass is 31.3. The molecule has 3 unspecified atom stereocenters. The molecule has 7 N–H and O–H groups in total. The molecule has 1 aliphatic rings. The summed E-state index contributed by atoms with van der Waals surface area (Å²) in [6.07, 6.45) is -4.90. The van der Waals surface area contributed by atoms with Gasteiger partial charge in [0.15, 0.2) is 11.9 Å². The van der Waals surface area contributed by atoms with Crippen molar-refractivity contribution in [3.8, 4) is 0 Å². The molecule has 0 spiro atoms. The molecule has 1 aliphatic heterocycles. The van der Waals surface area contributed by atoms with Crippen molar-refractivity contribution in [3.63, 3.8) is 0 Å². The summed E-state index contributed by atoms with van der Waals surface area (Å²) in [7, 11) is -16.9. The van der Waals surface area contributed by atoms with E-state index in [1.807, 2.05) is 0 Å². The Morgan fingerprint density at radius 1 is 1.06 bits per heavy atom. The zero-order valence-electron chi connectivity index (χ0n) is 15.7. The highest BCUT2D eigenvalue weighted by Gasteiger charge is 2.46. The van der Waals surface area contributed by atoms with E-state index in [0.29, 0.717) is 4.57 Å². The zero-order chi connectivity index (χ0) is 24.8. The monoisotopic (exact) mass is 536 g/mol. The lowest BCUT2D eigenvalue weighted by Gasteiger charge is -2.19. The van der Waals surface area contributed by atoms with Crippen molar-refractivity contribution in [3.05, 3.63) is 33.2 Å². The third kappa shape index (κ3) is 6.46. The number of phosphoric ester groups is 1. The van der Waals surface area contributed by atoms with Gasteiger partial charge in [0, 0.05) is 6.20 Å². The molecule has 6 atom stereocenters. The molecular weight excluding hydrogens is 521 g/mol. The Balaban J connectivity index is 1.73. The quantitative estimate of drug-likeness (QED) is 0.171. The largest absolute Gasteiger partial charge is 0.490 e. The fourth-order valence-electron chi connectivity index (χ4n) is 2.67. The Morgan fingerprint density at radius 3 is 2.36 bits per heavy atom. The number of nitrogens with zero attached hydrogens (tertiary/aromatic N) is 3. The average molecular weight is 536 g/mol. The van der Waals surface area contributed by atoms with Crippen LogP contribution >= 0.6 is 23.5 Å². The van der Waals surface area contributed by atoms with Gasteiger partial charge >= 0.3 is 29.2 Å². The Kier molecular flexibility index (Phi) is 7.20. The summed E-state index contributed by atoms with van der Waals surface area (Å²) in [6, 6.07) is 0. The van der Waals surface area contributed by atoms with Gasteiger partial charge in [-0.2, -0.15) is 13.6 Å². The number of ether oxygens (including phenoxy) is 1. The van der Waals surface area contributed by atoms with E-state index in [2.05, 4.69) is 28.1 Å². The summed E-state index contributed by atoms with van der Waals surface area (Å²) in [6.45, 7) is -1.07. The summed E-state index contributed by atoms with van der Waals surface area (Å²) in [5.41, 5.74) is -1.82. The van der Waals surface area contributed by atoms with Crippen molar-refractivity contribution < 1.29 is 61.4 Å².